The minimum atomic E-state index is -0.513. The summed E-state index contributed by atoms with van der Waals surface area (Å²) >= 11 is 4.20. The zero-order valence-electron chi connectivity index (χ0n) is 10.2. The highest BCUT2D eigenvalue weighted by atomic mass is 79.9. The molecule has 0 bridgehead atoms. The minimum Gasteiger partial charge on any atom is -0.411 e. The summed E-state index contributed by atoms with van der Waals surface area (Å²) in [6.07, 6.45) is 0. The number of nitrogens with one attached hydrogen (secondary N) is 1. The van der Waals surface area contributed by atoms with E-state index in [1.165, 1.54) is 23.5 Å². The average Bonchev–Trinajstić information content (AvgIpc) is 2.89. The summed E-state index contributed by atoms with van der Waals surface area (Å²) in [5.41, 5.74) is 1.00. The number of carbonyl (C=O) groups is 1. The molecule has 1 aromatic heterocycles. The molecule has 0 fully saturated rings. The number of benzene rings is 1. The molecule has 0 unspecified atom stereocenters. The van der Waals surface area contributed by atoms with Crippen LogP contribution in [0, 0.1) is 5.82 Å². The van der Waals surface area contributed by atoms with Gasteiger partial charge in [-0.3, -0.25) is 10.1 Å². The first-order chi connectivity index (χ1) is 9.51. The second-order valence-electron chi connectivity index (χ2n) is 3.81. The molecular formula is C12H9BrFN3O2S. The molecule has 0 aliphatic heterocycles. The van der Waals surface area contributed by atoms with Crippen LogP contribution in [-0.2, 0) is 0 Å². The fourth-order valence-corrected chi connectivity index (χ4v) is 2.35. The van der Waals surface area contributed by atoms with E-state index in [1.807, 2.05) is 0 Å². The number of nitrogens with zero attached hydrogens (tertiary/aromatic N) is 2. The van der Waals surface area contributed by atoms with Crippen LogP contribution in [-0.4, -0.2) is 21.8 Å². The van der Waals surface area contributed by atoms with Crippen LogP contribution in [0.25, 0.3) is 0 Å². The smallest absolute Gasteiger partial charge is 0.257 e. The van der Waals surface area contributed by atoms with Crippen molar-refractivity contribution < 1.29 is 14.4 Å². The van der Waals surface area contributed by atoms with Crippen molar-refractivity contribution in [3.05, 3.63) is 45.1 Å². The molecule has 0 saturated carbocycles. The molecule has 1 aromatic carbocycles. The first kappa shape index (κ1) is 14.6. The van der Waals surface area contributed by atoms with Gasteiger partial charge in [0.15, 0.2) is 5.13 Å². The second kappa shape index (κ2) is 6.10. The predicted molar refractivity (Wildman–Crippen MR) is 78.2 cm³/mol. The van der Waals surface area contributed by atoms with Crippen LogP contribution in [0.4, 0.5) is 9.52 Å². The van der Waals surface area contributed by atoms with Gasteiger partial charge in [0, 0.05) is 10.9 Å². The van der Waals surface area contributed by atoms with Gasteiger partial charge in [0.25, 0.3) is 5.91 Å². The van der Waals surface area contributed by atoms with Crippen LogP contribution in [0.5, 0.6) is 0 Å². The minimum absolute atomic E-state index is 0.190. The number of rotatable bonds is 3. The second-order valence-corrected chi connectivity index (χ2v) is 5.52. The number of aromatic nitrogens is 1. The summed E-state index contributed by atoms with van der Waals surface area (Å²) in [5.74, 6) is -0.975. The Hall–Kier alpha value is -1.80. The van der Waals surface area contributed by atoms with Crippen molar-refractivity contribution in [2.75, 3.05) is 5.32 Å². The summed E-state index contributed by atoms with van der Waals surface area (Å²) in [6.45, 7) is 1.59. The van der Waals surface area contributed by atoms with E-state index in [0.717, 1.165) is 6.07 Å². The van der Waals surface area contributed by atoms with E-state index in [0.29, 0.717) is 21.0 Å². The molecule has 2 aromatic rings. The van der Waals surface area contributed by atoms with E-state index < -0.39 is 11.7 Å². The predicted octanol–water partition coefficient (Wildman–Crippen LogP) is 3.50. The van der Waals surface area contributed by atoms with Crippen molar-refractivity contribution in [2.24, 2.45) is 5.16 Å². The Morgan fingerprint density at radius 1 is 1.55 bits per heavy atom. The number of amides is 1. The standard InChI is InChI=1S/C12H9BrFN3O2S/c1-6(17-19)10-5-20-12(15-10)16-11(18)7-2-3-8(13)9(14)4-7/h2-5,19H,1H3,(H,15,16,18). The molecule has 0 atom stereocenters. The molecule has 5 nitrogen and oxygen atoms in total. The van der Waals surface area contributed by atoms with Crippen LogP contribution in [0.15, 0.2) is 33.2 Å². The molecule has 0 spiro atoms. The lowest BCUT2D eigenvalue weighted by Gasteiger charge is -2.02. The highest BCUT2D eigenvalue weighted by Crippen LogP contribution is 2.19. The molecule has 2 N–H and O–H groups in total. The van der Waals surface area contributed by atoms with E-state index in [2.05, 4.69) is 31.4 Å². The maximum absolute atomic E-state index is 13.4. The molecule has 2 rings (SSSR count). The monoisotopic (exact) mass is 357 g/mol. The van der Waals surface area contributed by atoms with E-state index >= 15 is 0 Å². The van der Waals surface area contributed by atoms with Crippen LogP contribution in [0.2, 0.25) is 0 Å². The Bertz CT molecular complexity index is 687. The maximum Gasteiger partial charge on any atom is 0.257 e. The van der Waals surface area contributed by atoms with Gasteiger partial charge >= 0.3 is 0 Å². The quantitative estimate of drug-likeness (QED) is 0.501. The summed E-state index contributed by atoms with van der Waals surface area (Å²) in [7, 11) is 0. The summed E-state index contributed by atoms with van der Waals surface area (Å²) < 4.78 is 13.6. The number of anilines is 1. The largest absolute Gasteiger partial charge is 0.411 e. The maximum atomic E-state index is 13.4. The fraction of sp³-hybridized carbons (Fsp3) is 0.0833. The Balaban J connectivity index is 2.15. The zero-order valence-corrected chi connectivity index (χ0v) is 12.6. The van der Waals surface area contributed by atoms with Crippen LogP contribution in [0.3, 0.4) is 0 Å². The van der Waals surface area contributed by atoms with Gasteiger partial charge < -0.3 is 5.21 Å². The van der Waals surface area contributed by atoms with Crippen molar-refractivity contribution in [2.45, 2.75) is 6.92 Å². The van der Waals surface area contributed by atoms with Gasteiger partial charge in [-0.05, 0) is 41.1 Å². The Labute approximate surface area is 126 Å². The van der Waals surface area contributed by atoms with Crippen molar-refractivity contribution in [3.63, 3.8) is 0 Å². The Morgan fingerprint density at radius 2 is 2.30 bits per heavy atom. The number of halogens is 2. The molecule has 0 saturated heterocycles. The van der Waals surface area contributed by atoms with Crippen LogP contribution in [0.1, 0.15) is 23.0 Å². The van der Waals surface area contributed by atoms with Gasteiger partial charge in [0.05, 0.1) is 4.47 Å². The van der Waals surface area contributed by atoms with Crippen molar-refractivity contribution in [1.82, 2.24) is 4.98 Å². The highest BCUT2D eigenvalue weighted by Gasteiger charge is 2.12. The molecule has 0 aliphatic rings. The molecule has 1 amide bonds. The van der Waals surface area contributed by atoms with Crippen molar-refractivity contribution in [3.8, 4) is 0 Å². The topological polar surface area (TPSA) is 74.6 Å². The molecule has 0 aliphatic carbocycles. The summed E-state index contributed by atoms with van der Waals surface area (Å²) in [6, 6.07) is 4.09. The lowest BCUT2D eigenvalue weighted by atomic mass is 10.2. The van der Waals surface area contributed by atoms with E-state index in [1.54, 1.807) is 12.3 Å². The Kier molecular flexibility index (Phi) is 4.46. The summed E-state index contributed by atoms with van der Waals surface area (Å²) in [4.78, 5) is 16.0. The molecule has 20 heavy (non-hydrogen) atoms. The summed E-state index contributed by atoms with van der Waals surface area (Å²) in [5, 5.41) is 16.2. The third-order valence-corrected chi connectivity index (χ3v) is 3.83. The first-order valence-corrected chi connectivity index (χ1v) is 7.09. The van der Waals surface area contributed by atoms with Gasteiger partial charge in [0.2, 0.25) is 0 Å². The van der Waals surface area contributed by atoms with Gasteiger partial charge in [-0.15, -0.1) is 11.3 Å². The highest BCUT2D eigenvalue weighted by molar-refractivity contribution is 9.10. The molecule has 0 radical (unpaired) electrons. The fourth-order valence-electron chi connectivity index (χ4n) is 1.36. The third-order valence-electron chi connectivity index (χ3n) is 2.43. The molecular weight excluding hydrogens is 349 g/mol. The van der Waals surface area contributed by atoms with Crippen LogP contribution < -0.4 is 5.32 Å². The van der Waals surface area contributed by atoms with Gasteiger partial charge in [-0.1, -0.05) is 5.16 Å². The van der Waals surface area contributed by atoms with Crippen LogP contribution >= 0.6 is 27.3 Å². The van der Waals surface area contributed by atoms with E-state index in [-0.39, 0.29) is 5.56 Å². The lowest BCUT2D eigenvalue weighted by molar-refractivity contribution is 0.102. The van der Waals surface area contributed by atoms with Crippen molar-refractivity contribution >= 4 is 44.0 Å². The number of hydrogen-bond acceptors (Lipinski definition) is 5. The number of thiazole rings is 1. The van der Waals surface area contributed by atoms with Crippen molar-refractivity contribution in [1.29, 1.82) is 0 Å². The molecule has 1 heterocycles. The average molecular weight is 358 g/mol. The normalized spacial score (nSPS) is 11.4. The lowest BCUT2D eigenvalue weighted by Crippen LogP contribution is -2.12. The third kappa shape index (κ3) is 3.20. The molecule has 8 heteroatoms. The number of hydrogen-bond donors (Lipinski definition) is 2. The Morgan fingerprint density at radius 3 is 2.95 bits per heavy atom. The number of oxime groups is 1. The first-order valence-electron chi connectivity index (χ1n) is 5.42. The van der Waals surface area contributed by atoms with Gasteiger partial charge in [-0.25, -0.2) is 9.37 Å². The SMILES string of the molecule is CC(=NO)c1csc(NC(=O)c2ccc(Br)c(F)c2)n1. The zero-order chi connectivity index (χ0) is 14.7. The van der Waals surface area contributed by atoms with Gasteiger partial charge in [0.1, 0.15) is 17.2 Å². The van der Waals surface area contributed by atoms with Gasteiger partial charge in [-0.2, -0.15) is 0 Å². The van der Waals surface area contributed by atoms with E-state index in [4.69, 9.17) is 5.21 Å². The van der Waals surface area contributed by atoms with E-state index in [9.17, 15) is 9.18 Å². The molecule has 104 valence electrons. The number of carbonyl (C=O) groups excluding carboxylic acids is 1.